The number of hydrogen-bond acceptors (Lipinski definition) is 3. The van der Waals surface area contributed by atoms with E-state index < -0.39 is 0 Å². The Hall–Kier alpha value is -1.13. The van der Waals surface area contributed by atoms with Crippen molar-refractivity contribution in [3.05, 3.63) is 40.1 Å². The molecule has 3 nitrogen and oxygen atoms in total. The number of hydrogen-bond donors (Lipinski definition) is 1. The van der Waals surface area contributed by atoms with Crippen LogP contribution in [0.2, 0.25) is 0 Å². The minimum absolute atomic E-state index is 0.626. The number of imidazole rings is 1. The number of piperidine rings is 1. The van der Waals surface area contributed by atoms with Gasteiger partial charge >= 0.3 is 0 Å². The van der Waals surface area contributed by atoms with Gasteiger partial charge in [-0.15, -0.1) is 11.3 Å². The highest BCUT2D eigenvalue weighted by Crippen LogP contribution is 2.25. The summed E-state index contributed by atoms with van der Waals surface area (Å²) < 4.78 is 2.32. The standard InChI is InChI=1S/C14H19N3S/c1-11-4-6-18-14(11)9-17-10-16-8-13(17)12-3-2-5-15-7-12/h4,6,8,10,12,15H,2-3,5,7,9H2,1H3. The summed E-state index contributed by atoms with van der Waals surface area (Å²) in [6.45, 7) is 5.41. The molecule has 1 aliphatic heterocycles. The molecule has 0 saturated carbocycles. The normalized spacial score (nSPS) is 20.2. The van der Waals surface area contributed by atoms with Crippen LogP contribution in [0.25, 0.3) is 0 Å². The highest BCUT2D eigenvalue weighted by atomic mass is 32.1. The van der Waals surface area contributed by atoms with Crippen LogP contribution in [-0.4, -0.2) is 22.6 Å². The lowest BCUT2D eigenvalue weighted by molar-refractivity contribution is 0.444. The van der Waals surface area contributed by atoms with E-state index in [2.05, 4.69) is 33.2 Å². The van der Waals surface area contributed by atoms with Crippen molar-refractivity contribution in [3.8, 4) is 0 Å². The molecule has 0 radical (unpaired) electrons. The van der Waals surface area contributed by atoms with E-state index in [4.69, 9.17) is 0 Å². The second-order valence-electron chi connectivity index (χ2n) is 5.02. The van der Waals surface area contributed by atoms with Crippen LogP contribution in [-0.2, 0) is 6.54 Å². The average Bonchev–Trinajstić information content (AvgIpc) is 3.01. The molecule has 96 valence electrons. The van der Waals surface area contributed by atoms with E-state index in [1.807, 2.05) is 23.9 Å². The second kappa shape index (κ2) is 5.24. The Kier molecular flexibility index (Phi) is 3.48. The van der Waals surface area contributed by atoms with Crippen LogP contribution in [0.1, 0.15) is 34.9 Å². The van der Waals surface area contributed by atoms with Gasteiger partial charge in [0.05, 0.1) is 12.9 Å². The molecule has 1 aliphatic rings. The molecule has 0 bridgehead atoms. The fraction of sp³-hybridized carbons (Fsp3) is 0.500. The number of aromatic nitrogens is 2. The summed E-state index contributed by atoms with van der Waals surface area (Å²) in [7, 11) is 0. The van der Waals surface area contributed by atoms with Crippen LogP contribution in [0.15, 0.2) is 24.0 Å². The maximum atomic E-state index is 4.35. The quantitative estimate of drug-likeness (QED) is 0.920. The summed E-state index contributed by atoms with van der Waals surface area (Å²) in [6.07, 6.45) is 6.57. The minimum Gasteiger partial charge on any atom is -0.329 e. The lowest BCUT2D eigenvalue weighted by Gasteiger charge is -2.23. The van der Waals surface area contributed by atoms with Gasteiger partial charge < -0.3 is 9.88 Å². The predicted molar refractivity (Wildman–Crippen MR) is 75.2 cm³/mol. The monoisotopic (exact) mass is 261 g/mol. The van der Waals surface area contributed by atoms with Gasteiger partial charge in [-0.3, -0.25) is 0 Å². The Morgan fingerprint density at radius 3 is 3.22 bits per heavy atom. The molecule has 0 aliphatic carbocycles. The van der Waals surface area contributed by atoms with Crippen molar-refractivity contribution in [2.45, 2.75) is 32.2 Å². The average molecular weight is 261 g/mol. The van der Waals surface area contributed by atoms with Crippen LogP contribution in [0, 0.1) is 6.92 Å². The fourth-order valence-electron chi connectivity index (χ4n) is 2.63. The minimum atomic E-state index is 0.626. The largest absolute Gasteiger partial charge is 0.329 e. The van der Waals surface area contributed by atoms with Crippen molar-refractivity contribution in [1.82, 2.24) is 14.9 Å². The fourth-order valence-corrected chi connectivity index (χ4v) is 3.53. The number of nitrogens with zero attached hydrogens (tertiary/aromatic N) is 2. The summed E-state index contributed by atoms with van der Waals surface area (Å²) in [5.74, 6) is 0.626. The molecular formula is C14H19N3S. The van der Waals surface area contributed by atoms with E-state index in [1.54, 1.807) is 0 Å². The van der Waals surface area contributed by atoms with Gasteiger partial charge in [-0.05, 0) is 43.3 Å². The highest BCUT2D eigenvalue weighted by Gasteiger charge is 2.19. The third-order valence-corrected chi connectivity index (χ3v) is 4.75. The Balaban J connectivity index is 1.80. The first-order chi connectivity index (χ1) is 8.84. The van der Waals surface area contributed by atoms with Gasteiger partial charge in [-0.1, -0.05) is 0 Å². The van der Waals surface area contributed by atoms with Crippen molar-refractivity contribution in [1.29, 1.82) is 0 Å². The van der Waals surface area contributed by atoms with Gasteiger partial charge in [0.1, 0.15) is 0 Å². The van der Waals surface area contributed by atoms with Gasteiger partial charge in [0, 0.05) is 29.2 Å². The molecule has 1 fully saturated rings. The molecular weight excluding hydrogens is 242 g/mol. The highest BCUT2D eigenvalue weighted by molar-refractivity contribution is 7.10. The van der Waals surface area contributed by atoms with Crippen molar-refractivity contribution in [2.75, 3.05) is 13.1 Å². The maximum absolute atomic E-state index is 4.35. The molecule has 0 spiro atoms. The first-order valence-electron chi connectivity index (χ1n) is 6.58. The zero-order valence-corrected chi connectivity index (χ0v) is 11.5. The lowest BCUT2D eigenvalue weighted by Crippen LogP contribution is -2.29. The summed E-state index contributed by atoms with van der Waals surface area (Å²) >= 11 is 1.84. The van der Waals surface area contributed by atoms with Gasteiger partial charge in [0.15, 0.2) is 0 Å². The maximum Gasteiger partial charge on any atom is 0.0951 e. The van der Waals surface area contributed by atoms with Gasteiger partial charge in [0.2, 0.25) is 0 Å². The third-order valence-electron chi connectivity index (χ3n) is 3.74. The van der Waals surface area contributed by atoms with Gasteiger partial charge in [-0.25, -0.2) is 4.98 Å². The number of nitrogens with one attached hydrogen (secondary N) is 1. The zero-order chi connectivity index (χ0) is 12.4. The van der Waals surface area contributed by atoms with Crippen LogP contribution in [0.5, 0.6) is 0 Å². The number of thiophene rings is 1. The Bertz CT molecular complexity index is 509. The molecule has 1 unspecified atom stereocenters. The van der Waals surface area contributed by atoms with Crippen molar-refractivity contribution >= 4 is 11.3 Å². The molecule has 0 aromatic carbocycles. The number of rotatable bonds is 3. The molecule has 3 rings (SSSR count). The van der Waals surface area contributed by atoms with Crippen LogP contribution < -0.4 is 5.32 Å². The van der Waals surface area contributed by atoms with Crippen molar-refractivity contribution in [3.63, 3.8) is 0 Å². The molecule has 4 heteroatoms. The first kappa shape index (κ1) is 11.9. The Morgan fingerprint density at radius 2 is 2.50 bits per heavy atom. The van der Waals surface area contributed by atoms with Crippen LogP contribution in [0.4, 0.5) is 0 Å². The van der Waals surface area contributed by atoms with E-state index in [0.29, 0.717) is 5.92 Å². The molecule has 0 amide bonds. The first-order valence-corrected chi connectivity index (χ1v) is 7.46. The molecule has 2 aromatic rings. The van der Waals surface area contributed by atoms with Crippen molar-refractivity contribution < 1.29 is 0 Å². The Morgan fingerprint density at radius 1 is 1.56 bits per heavy atom. The summed E-state index contributed by atoms with van der Waals surface area (Å²) in [5.41, 5.74) is 2.77. The van der Waals surface area contributed by atoms with Crippen molar-refractivity contribution in [2.24, 2.45) is 0 Å². The molecule has 3 heterocycles. The van der Waals surface area contributed by atoms with E-state index >= 15 is 0 Å². The molecule has 1 saturated heterocycles. The van der Waals surface area contributed by atoms with E-state index in [0.717, 1.165) is 19.6 Å². The number of aryl methyl sites for hydroxylation is 1. The Labute approximate surface area is 112 Å². The van der Waals surface area contributed by atoms with E-state index in [-0.39, 0.29) is 0 Å². The molecule has 1 N–H and O–H groups in total. The molecule has 18 heavy (non-hydrogen) atoms. The zero-order valence-electron chi connectivity index (χ0n) is 10.7. The summed E-state index contributed by atoms with van der Waals surface area (Å²) in [5, 5.41) is 5.65. The van der Waals surface area contributed by atoms with E-state index in [1.165, 1.54) is 29.0 Å². The van der Waals surface area contributed by atoms with E-state index in [9.17, 15) is 0 Å². The van der Waals surface area contributed by atoms with Gasteiger partial charge in [-0.2, -0.15) is 0 Å². The molecule has 2 aromatic heterocycles. The second-order valence-corrected chi connectivity index (χ2v) is 6.02. The topological polar surface area (TPSA) is 29.9 Å². The van der Waals surface area contributed by atoms with Gasteiger partial charge in [0.25, 0.3) is 0 Å². The summed E-state index contributed by atoms with van der Waals surface area (Å²) in [6, 6.07) is 2.19. The lowest BCUT2D eigenvalue weighted by atomic mass is 9.96. The smallest absolute Gasteiger partial charge is 0.0951 e. The SMILES string of the molecule is Cc1ccsc1Cn1cncc1C1CCCNC1. The summed E-state index contributed by atoms with van der Waals surface area (Å²) in [4.78, 5) is 5.79. The third kappa shape index (κ3) is 2.35. The van der Waals surface area contributed by atoms with Crippen LogP contribution in [0.3, 0.4) is 0 Å². The molecule has 1 atom stereocenters. The van der Waals surface area contributed by atoms with Crippen LogP contribution >= 0.6 is 11.3 Å². The predicted octanol–water partition coefficient (Wildman–Crippen LogP) is 2.77.